The maximum atomic E-state index is 9.29. The van der Waals surface area contributed by atoms with Gasteiger partial charge in [-0.25, -0.2) is 0 Å². The molecule has 0 aromatic heterocycles. The minimum Gasteiger partial charge on any atom is -0.396 e. The molecule has 0 heterocycles. The van der Waals surface area contributed by atoms with Gasteiger partial charge in [0.05, 0.1) is 0 Å². The summed E-state index contributed by atoms with van der Waals surface area (Å²) < 4.78 is 0. The van der Waals surface area contributed by atoms with Gasteiger partial charge in [-0.3, -0.25) is 0 Å². The zero-order valence-electron chi connectivity index (χ0n) is 11.0. The predicted molar refractivity (Wildman–Crippen MR) is 68.2 cm³/mol. The summed E-state index contributed by atoms with van der Waals surface area (Å²) in [4.78, 5) is 0. The summed E-state index contributed by atoms with van der Waals surface area (Å²) in [7, 11) is 0. The molecule has 0 saturated heterocycles. The first-order valence-corrected chi connectivity index (χ1v) is 7.31. The van der Waals surface area contributed by atoms with Gasteiger partial charge < -0.3 is 5.11 Å². The van der Waals surface area contributed by atoms with Crippen molar-refractivity contribution >= 4 is 0 Å². The van der Waals surface area contributed by atoms with E-state index in [0.29, 0.717) is 12.5 Å². The summed E-state index contributed by atoms with van der Waals surface area (Å²) >= 11 is 0. The Bertz CT molecular complexity index is 205. The van der Waals surface area contributed by atoms with E-state index in [-0.39, 0.29) is 0 Å². The van der Waals surface area contributed by atoms with Gasteiger partial charge in [-0.2, -0.15) is 0 Å². The van der Waals surface area contributed by atoms with Crippen LogP contribution in [-0.4, -0.2) is 11.7 Å². The van der Waals surface area contributed by atoms with Crippen LogP contribution < -0.4 is 0 Å². The lowest BCUT2D eigenvalue weighted by Gasteiger charge is -2.39. The SMILES string of the molecule is CC1CCC(C2CCC(CO)C(C)C2)CC1. The van der Waals surface area contributed by atoms with Gasteiger partial charge in [-0.1, -0.05) is 26.7 Å². The fourth-order valence-corrected chi connectivity index (χ4v) is 3.96. The first kappa shape index (κ1) is 12.4. The van der Waals surface area contributed by atoms with E-state index >= 15 is 0 Å². The molecule has 1 nitrogen and oxygen atoms in total. The molecule has 0 spiro atoms. The number of aliphatic hydroxyl groups excluding tert-OH is 1. The molecule has 16 heavy (non-hydrogen) atoms. The van der Waals surface area contributed by atoms with Gasteiger partial charge in [0, 0.05) is 6.61 Å². The van der Waals surface area contributed by atoms with Crippen LogP contribution in [0.3, 0.4) is 0 Å². The number of rotatable bonds is 2. The van der Waals surface area contributed by atoms with Crippen molar-refractivity contribution in [3.8, 4) is 0 Å². The number of aliphatic hydroxyl groups is 1. The molecule has 1 heteroatoms. The van der Waals surface area contributed by atoms with Crippen LogP contribution in [0.5, 0.6) is 0 Å². The molecule has 0 amide bonds. The Morgan fingerprint density at radius 3 is 2.06 bits per heavy atom. The molecule has 3 atom stereocenters. The maximum Gasteiger partial charge on any atom is 0.0461 e. The Balaban J connectivity index is 1.83. The van der Waals surface area contributed by atoms with Crippen molar-refractivity contribution in [1.82, 2.24) is 0 Å². The van der Waals surface area contributed by atoms with E-state index in [0.717, 1.165) is 23.7 Å². The van der Waals surface area contributed by atoms with Crippen molar-refractivity contribution < 1.29 is 5.11 Å². The Labute approximate surface area is 101 Å². The second kappa shape index (κ2) is 5.53. The number of hydrogen-bond acceptors (Lipinski definition) is 1. The quantitative estimate of drug-likeness (QED) is 0.755. The summed E-state index contributed by atoms with van der Waals surface area (Å²) in [6.45, 7) is 5.16. The van der Waals surface area contributed by atoms with Gasteiger partial charge in [0.25, 0.3) is 0 Å². The molecule has 2 saturated carbocycles. The van der Waals surface area contributed by atoms with Crippen molar-refractivity contribution in [3.63, 3.8) is 0 Å². The van der Waals surface area contributed by atoms with Crippen molar-refractivity contribution in [1.29, 1.82) is 0 Å². The standard InChI is InChI=1S/C15H28O/c1-11-3-5-13(6-4-11)14-7-8-15(10-16)12(2)9-14/h11-16H,3-10H2,1-2H3. The largest absolute Gasteiger partial charge is 0.396 e. The van der Waals surface area contributed by atoms with Crippen LogP contribution in [0.25, 0.3) is 0 Å². The summed E-state index contributed by atoms with van der Waals surface area (Å²) in [6, 6.07) is 0. The highest BCUT2D eigenvalue weighted by atomic mass is 16.3. The molecule has 2 fully saturated rings. The Morgan fingerprint density at radius 1 is 0.875 bits per heavy atom. The molecule has 3 unspecified atom stereocenters. The zero-order valence-corrected chi connectivity index (χ0v) is 11.0. The van der Waals surface area contributed by atoms with E-state index in [2.05, 4.69) is 13.8 Å². The van der Waals surface area contributed by atoms with Gasteiger partial charge >= 0.3 is 0 Å². The Hall–Kier alpha value is -0.0400. The normalized spacial score (nSPS) is 45.6. The predicted octanol–water partition coefficient (Wildman–Crippen LogP) is 3.86. The van der Waals surface area contributed by atoms with Crippen LogP contribution in [0.4, 0.5) is 0 Å². The van der Waals surface area contributed by atoms with Gasteiger partial charge in [0.2, 0.25) is 0 Å². The van der Waals surface area contributed by atoms with E-state index < -0.39 is 0 Å². The third kappa shape index (κ3) is 2.80. The lowest BCUT2D eigenvalue weighted by molar-refractivity contribution is 0.0788. The third-order valence-corrected chi connectivity index (χ3v) is 5.35. The van der Waals surface area contributed by atoms with Crippen LogP contribution in [0.1, 0.15) is 58.8 Å². The highest BCUT2D eigenvalue weighted by molar-refractivity contribution is 4.83. The summed E-state index contributed by atoms with van der Waals surface area (Å²) in [5.41, 5.74) is 0. The smallest absolute Gasteiger partial charge is 0.0461 e. The highest BCUT2D eigenvalue weighted by Crippen LogP contribution is 2.43. The molecule has 2 aliphatic carbocycles. The lowest BCUT2D eigenvalue weighted by Crippen LogP contribution is -2.30. The summed E-state index contributed by atoms with van der Waals surface area (Å²) in [5, 5.41) is 9.29. The van der Waals surface area contributed by atoms with Crippen LogP contribution in [0, 0.1) is 29.6 Å². The first-order valence-electron chi connectivity index (χ1n) is 7.31. The summed E-state index contributed by atoms with van der Waals surface area (Å²) in [5.74, 6) is 4.31. The van der Waals surface area contributed by atoms with Gasteiger partial charge in [0.15, 0.2) is 0 Å². The zero-order chi connectivity index (χ0) is 11.5. The minimum atomic E-state index is 0.412. The summed E-state index contributed by atoms with van der Waals surface area (Å²) in [6.07, 6.45) is 9.90. The molecule has 2 rings (SSSR count). The third-order valence-electron chi connectivity index (χ3n) is 5.35. The first-order chi connectivity index (χ1) is 7.70. The Kier molecular flexibility index (Phi) is 4.29. The van der Waals surface area contributed by atoms with E-state index in [1.165, 1.54) is 44.9 Å². The fourth-order valence-electron chi connectivity index (χ4n) is 3.96. The topological polar surface area (TPSA) is 20.2 Å². The van der Waals surface area contributed by atoms with Crippen molar-refractivity contribution in [2.45, 2.75) is 58.8 Å². The maximum absolute atomic E-state index is 9.29. The molecule has 0 aromatic rings. The van der Waals surface area contributed by atoms with Gasteiger partial charge in [-0.15, -0.1) is 0 Å². The average Bonchev–Trinajstić information content (AvgIpc) is 2.30. The van der Waals surface area contributed by atoms with Gasteiger partial charge in [-0.05, 0) is 61.7 Å². The lowest BCUT2D eigenvalue weighted by atomic mass is 9.66. The molecule has 0 radical (unpaired) electrons. The minimum absolute atomic E-state index is 0.412. The second-order valence-corrected chi connectivity index (χ2v) is 6.51. The van der Waals surface area contributed by atoms with E-state index in [9.17, 15) is 5.11 Å². The van der Waals surface area contributed by atoms with E-state index in [1.54, 1.807) is 0 Å². The second-order valence-electron chi connectivity index (χ2n) is 6.51. The fraction of sp³-hybridized carbons (Fsp3) is 1.00. The van der Waals surface area contributed by atoms with Crippen LogP contribution in [0.2, 0.25) is 0 Å². The average molecular weight is 224 g/mol. The van der Waals surface area contributed by atoms with Crippen LogP contribution in [0.15, 0.2) is 0 Å². The Morgan fingerprint density at radius 2 is 1.50 bits per heavy atom. The van der Waals surface area contributed by atoms with Crippen LogP contribution >= 0.6 is 0 Å². The van der Waals surface area contributed by atoms with Crippen LogP contribution in [-0.2, 0) is 0 Å². The molecule has 94 valence electrons. The monoisotopic (exact) mass is 224 g/mol. The van der Waals surface area contributed by atoms with Crippen molar-refractivity contribution in [2.75, 3.05) is 6.61 Å². The highest BCUT2D eigenvalue weighted by Gasteiger charge is 2.32. The molecule has 0 aromatic carbocycles. The molecule has 2 aliphatic rings. The van der Waals surface area contributed by atoms with Crippen molar-refractivity contribution in [2.24, 2.45) is 29.6 Å². The molecular formula is C15H28O. The van der Waals surface area contributed by atoms with Gasteiger partial charge in [0.1, 0.15) is 0 Å². The van der Waals surface area contributed by atoms with E-state index in [1.807, 2.05) is 0 Å². The number of hydrogen-bond donors (Lipinski definition) is 1. The molecule has 1 N–H and O–H groups in total. The van der Waals surface area contributed by atoms with E-state index in [4.69, 9.17) is 0 Å². The molecule has 0 bridgehead atoms. The molecular weight excluding hydrogens is 196 g/mol. The van der Waals surface area contributed by atoms with Crippen molar-refractivity contribution in [3.05, 3.63) is 0 Å². The molecule has 0 aliphatic heterocycles.